The first-order valence-electron chi connectivity index (χ1n) is 6.40. The predicted octanol–water partition coefficient (Wildman–Crippen LogP) is 2.23. The molecule has 0 radical (unpaired) electrons. The molecule has 0 rings (SSSR count). The van der Waals surface area contributed by atoms with E-state index in [1.165, 1.54) is 13.8 Å². The number of aliphatic hydroxyl groups is 3. The molecule has 0 saturated carbocycles. The van der Waals surface area contributed by atoms with Crippen molar-refractivity contribution in [2.24, 2.45) is 0 Å². The first-order valence-corrected chi connectivity index (χ1v) is 6.40. The van der Waals surface area contributed by atoms with Crippen molar-refractivity contribution in [3.63, 3.8) is 0 Å². The monoisotopic (exact) mass is 232 g/mol. The zero-order chi connectivity index (χ0) is 12.8. The van der Waals surface area contributed by atoms with E-state index < -0.39 is 17.3 Å². The molecule has 16 heavy (non-hydrogen) atoms. The summed E-state index contributed by atoms with van der Waals surface area (Å²) in [5.74, 6) is 0. The van der Waals surface area contributed by atoms with E-state index in [1.54, 1.807) is 0 Å². The molecule has 0 spiro atoms. The minimum atomic E-state index is -1.25. The molecule has 2 unspecified atom stereocenters. The summed E-state index contributed by atoms with van der Waals surface area (Å²) >= 11 is 0. The van der Waals surface area contributed by atoms with Crippen LogP contribution < -0.4 is 0 Å². The average molecular weight is 232 g/mol. The third-order valence-corrected chi connectivity index (χ3v) is 3.25. The number of aliphatic hydroxyl groups excluding tert-OH is 1. The van der Waals surface area contributed by atoms with E-state index in [-0.39, 0.29) is 0 Å². The van der Waals surface area contributed by atoms with E-state index in [9.17, 15) is 15.3 Å². The lowest BCUT2D eigenvalue weighted by atomic mass is 9.80. The van der Waals surface area contributed by atoms with Crippen LogP contribution in [0.15, 0.2) is 0 Å². The highest BCUT2D eigenvalue weighted by Crippen LogP contribution is 2.29. The first-order chi connectivity index (χ1) is 7.28. The van der Waals surface area contributed by atoms with E-state index in [0.717, 1.165) is 25.7 Å². The Morgan fingerprint density at radius 2 is 1.56 bits per heavy atom. The summed E-state index contributed by atoms with van der Waals surface area (Å²) in [5.41, 5.74) is -2.42. The Labute approximate surface area is 99.5 Å². The number of rotatable bonds is 8. The van der Waals surface area contributed by atoms with Gasteiger partial charge in [0.25, 0.3) is 0 Å². The molecule has 3 N–H and O–H groups in total. The van der Waals surface area contributed by atoms with E-state index >= 15 is 0 Å². The second-order valence-corrected chi connectivity index (χ2v) is 5.32. The Balaban J connectivity index is 4.30. The number of hydrogen-bond donors (Lipinski definition) is 3. The fourth-order valence-corrected chi connectivity index (χ4v) is 2.02. The molecule has 3 nitrogen and oxygen atoms in total. The van der Waals surface area contributed by atoms with Crippen molar-refractivity contribution in [1.29, 1.82) is 0 Å². The summed E-state index contributed by atoms with van der Waals surface area (Å²) in [4.78, 5) is 0. The van der Waals surface area contributed by atoms with Gasteiger partial charge in [0.2, 0.25) is 0 Å². The van der Waals surface area contributed by atoms with Crippen molar-refractivity contribution in [3.8, 4) is 0 Å². The standard InChI is InChI=1S/C13H28O3/c1-5-7-8-9-10-13(16,6-2)11(14)12(3,4)15/h11,14-16H,5-10H2,1-4H3. The van der Waals surface area contributed by atoms with Gasteiger partial charge < -0.3 is 15.3 Å². The highest BCUT2D eigenvalue weighted by atomic mass is 16.4. The summed E-state index contributed by atoms with van der Waals surface area (Å²) in [6.07, 6.45) is 4.19. The van der Waals surface area contributed by atoms with Crippen LogP contribution in [0.2, 0.25) is 0 Å². The van der Waals surface area contributed by atoms with E-state index in [1.807, 2.05) is 6.92 Å². The van der Waals surface area contributed by atoms with Crippen LogP contribution in [0.25, 0.3) is 0 Å². The van der Waals surface area contributed by atoms with Crippen molar-refractivity contribution >= 4 is 0 Å². The fraction of sp³-hybridized carbons (Fsp3) is 1.00. The fourth-order valence-electron chi connectivity index (χ4n) is 2.02. The Morgan fingerprint density at radius 1 is 1.00 bits per heavy atom. The van der Waals surface area contributed by atoms with Crippen LogP contribution in [0.4, 0.5) is 0 Å². The third-order valence-electron chi connectivity index (χ3n) is 3.25. The van der Waals surface area contributed by atoms with Gasteiger partial charge in [0.15, 0.2) is 0 Å². The third kappa shape index (κ3) is 4.81. The van der Waals surface area contributed by atoms with Gasteiger partial charge in [-0.05, 0) is 26.7 Å². The number of unbranched alkanes of at least 4 members (excludes halogenated alkanes) is 3. The maximum Gasteiger partial charge on any atom is 0.111 e. The summed E-state index contributed by atoms with van der Waals surface area (Å²) in [5, 5.41) is 30.0. The quantitative estimate of drug-likeness (QED) is 0.562. The second-order valence-electron chi connectivity index (χ2n) is 5.32. The van der Waals surface area contributed by atoms with Crippen LogP contribution in [0.1, 0.15) is 66.2 Å². The highest BCUT2D eigenvalue weighted by Gasteiger charge is 2.41. The van der Waals surface area contributed by atoms with E-state index in [2.05, 4.69) is 6.92 Å². The van der Waals surface area contributed by atoms with Crippen molar-refractivity contribution in [2.45, 2.75) is 83.5 Å². The molecule has 0 saturated heterocycles. The van der Waals surface area contributed by atoms with Crippen molar-refractivity contribution < 1.29 is 15.3 Å². The largest absolute Gasteiger partial charge is 0.388 e. The first kappa shape index (κ1) is 15.9. The van der Waals surface area contributed by atoms with Crippen LogP contribution in [-0.4, -0.2) is 32.6 Å². The zero-order valence-electron chi connectivity index (χ0n) is 11.2. The van der Waals surface area contributed by atoms with E-state index in [0.29, 0.717) is 12.8 Å². The Bertz CT molecular complexity index is 186. The molecule has 0 aliphatic carbocycles. The van der Waals surface area contributed by atoms with Crippen molar-refractivity contribution in [2.75, 3.05) is 0 Å². The lowest BCUT2D eigenvalue weighted by Gasteiger charge is -2.38. The average Bonchev–Trinajstić information content (AvgIpc) is 2.22. The molecule has 0 amide bonds. The molecular formula is C13H28O3. The van der Waals surface area contributed by atoms with Gasteiger partial charge in [-0.1, -0.05) is 39.5 Å². The smallest absolute Gasteiger partial charge is 0.111 e. The summed E-state index contributed by atoms with van der Waals surface area (Å²) in [6, 6.07) is 0. The van der Waals surface area contributed by atoms with Gasteiger partial charge >= 0.3 is 0 Å². The van der Waals surface area contributed by atoms with Crippen LogP contribution in [0.3, 0.4) is 0 Å². The maximum absolute atomic E-state index is 10.3. The van der Waals surface area contributed by atoms with Crippen LogP contribution >= 0.6 is 0 Å². The molecule has 0 aromatic rings. The molecule has 0 heterocycles. The minimum Gasteiger partial charge on any atom is -0.388 e. The highest BCUT2D eigenvalue weighted by molar-refractivity contribution is 4.94. The Kier molecular flexibility index (Phi) is 6.53. The number of hydrogen-bond acceptors (Lipinski definition) is 3. The Morgan fingerprint density at radius 3 is 1.94 bits per heavy atom. The Hall–Kier alpha value is -0.120. The SMILES string of the molecule is CCCCCCC(O)(CC)C(O)C(C)(C)O. The topological polar surface area (TPSA) is 60.7 Å². The lowest BCUT2D eigenvalue weighted by Crippen LogP contribution is -2.53. The van der Waals surface area contributed by atoms with E-state index in [4.69, 9.17) is 0 Å². The van der Waals surface area contributed by atoms with Gasteiger partial charge in [-0.25, -0.2) is 0 Å². The molecule has 0 aliphatic rings. The maximum atomic E-state index is 10.3. The molecule has 0 fully saturated rings. The summed E-state index contributed by atoms with van der Waals surface area (Å²) < 4.78 is 0. The van der Waals surface area contributed by atoms with Crippen molar-refractivity contribution in [1.82, 2.24) is 0 Å². The summed E-state index contributed by atoms with van der Waals surface area (Å²) in [7, 11) is 0. The second kappa shape index (κ2) is 6.58. The predicted molar refractivity (Wildman–Crippen MR) is 66.3 cm³/mol. The molecule has 0 aromatic carbocycles. The van der Waals surface area contributed by atoms with Gasteiger partial charge in [0.05, 0.1) is 11.2 Å². The van der Waals surface area contributed by atoms with Gasteiger partial charge in [-0.15, -0.1) is 0 Å². The minimum absolute atomic E-state index is 0.463. The van der Waals surface area contributed by atoms with Crippen LogP contribution in [0, 0.1) is 0 Å². The van der Waals surface area contributed by atoms with Crippen LogP contribution in [0.5, 0.6) is 0 Å². The molecule has 0 aliphatic heterocycles. The molecule has 98 valence electrons. The van der Waals surface area contributed by atoms with Crippen LogP contribution in [-0.2, 0) is 0 Å². The van der Waals surface area contributed by atoms with Gasteiger partial charge in [0, 0.05) is 0 Å². The van der Waals surface area contributed by atoms with Gasteiger partial charge in [-0.2, -0.15) is 0 Å². The molecule has 3 heteroatoms. The molecule has 0 aromatic heterocycles. The normalized spacial score (nSPS) is 18.2. The van der Waals surface area contributed by atoms with Crippen molar-refractivity contribution in [3.05, 3.63) is 0 Å². The van der Waals surface area contributed by atoms with Gasteiger partial charge in [-0.3, -0.25) is 0 Å². The zero-order valence-corrected chi connectivity index (χ0v) is 11.2. The van der Waals surface area contributed by atoms with Gasteiger partial charge in [0.1, 0.15) is 6.10 Å². The molecular weight excluding hydrogens is 204 g/mol. The summed E-state index contributed by atoms with van der Waals surface area (Å²) in [6.45, 7) is 7.04. The lowest BCUT2D eigenvalue weighted by molar-refractivity contribution is -0.164. The molecule has 2 atom stereocenters. The molecule has 0 bridgehead atoms.